The first kappa shape index (κ1) is 13.9. The number of hydrogen-bond acceptors (Lipinski definition) is 5. The summed E-state index contributed by atoms with van der Waals surface area (Å²) in [5.41, 5.74) is 0.198. The van der Waals surface area contributed by atoms with Crippen molar-refractivity contribution in [2.75, 3.05) is 38.1 Å². The first-order valence-electron chi connectivity index (χ1n) is 6.68. The maximum absolute atomic E-state index is 12.1. The fourth-order valence-corrected chi connectivity index (χ4v) is 2.04. The van der Waals surface area contributed by atoms with Crippen LogP contribution in [-0.4, -0.2) is 53.9 Å². The third-order valence-electron chi connectivity index (χ3n) is 3.37. The lowest BCUT2D eigenvalue weighted by molar-refractivity contribution is 0.0857. The molecule has 0 amide bonds. The van der Waals surface area contributed by atoms with Gasteiger partial charge in [-0.25, -0.2) is 9.97 Å². The van der Waals surface area contributed by atoms with Crippen LogP contribution in [0, 0.1) is 5.41 Å². The van der Waals surface area contributed by atoms with Gasteiger partial charge in [-0.1, -0.05) is 20.8 Å². The number of piperazine rings is 1. The highest BCUT2D eigenvalue weighted by Crippen LogP contribution is 2.20. The lowest BCUT2D eigenvalue weighted by Gasteiger charge is -2.32. The summed E-state index contributed by atoms with van der Waals surface area (Å²) in [6, 6.07) is 0. The predicted molar refractivity (Wildman–Crippen MR) is 75.5 cm³/mol. The number of aromatic nitrogens is 2. The molecule has 2 heterocycles. The number of nitrogens with zero attached hydrogens (tertiary/aromatic N) is 4. The Kier molecular flexibility index (Phi) is 3.85. The lowest BCUT2D eigenvalue weighted by Crippen LogP contribution is -2.45. The van der Waals surface area contributed by atoms with E-state index in [1.54, 1.807) is 12.4 Å². The normalized spacial score (nSPS) is 17.6. The molecule has 5 heteroatoms. The molecule has 0 saturated carbocycles. The minimum Gasteiger partial charge on any atom is -0.338 e. The second kappa shape index (κ2) is 5.25. The van der Waals surface area contributed by atoms with Crippen LogP contribution in [0.4, 0.5) is 5.95 Å². The van der Waals surface area contributed by atoms with E-state index in [2.05, 4.69) is 26.8 Å². The number of ketones is 1. The zero-order valence-corrected chi connectivity index (χ0v) is 12.2. The number of Topliss-reactive ketones (excluding diaryl/α,β-unsaturated/α-hetero) is 1. The van der Waals surface area contributed by atoms with Crippen molar-refractivity contribution in [1.29, 1.82) is 0 Å². The average Bonchev–Trinajstić information content (AvgIpc) is 2.38. The number of carbonyl (C=O) groups excluding carboxylic acids is 1. The Balaban J connectivity index is 2.09. The van der Waals surface area contributed by atoms with Crippen molar-refractivity contribution in [3.05, 3.63) is 18.0 Å². The van der Waals surface area contributed by atoms with Gasteiger partial charge in [0.05, 0.1) is 5.56 Å². The number of anilines is 1. The Morgan fingerprint density at radius 2 is 1.63 bits per heavy atom. The lowest BCUT2D eigenvalue weighted by atomic mass is 9.88. The maximum Gasteiger partial charge on any atom is 0.225 e. The molecule has 0 unspecified atom stereocenters. The van der Waals surface area contributed by atoms with Crippen LogP contribution in [0.25, 0.3) is 0 Å². The van der Waals surface area contributed by atoms with Gasteiger partial charge in [-0.2, -0.15) is 0 Å². The minimum atomic E-state index is -0.390. The van der Waals surface area contributed by atoms with Gasteiger partial charge in [0.25, 0.3) is 0 Å². The fourth-order valence-electron chi connectivity index (χ4n) is 2.04. The van der Waals surface area contributed by atoms with Crippen molar-refractivity contribution in [3.63, 3.8) is 0 Å². The zero-order chi connectivity index (χ0) is 14.0. The van der Waals surface area contributed by atoms with Gasteiger partial charge in [0, 0.05) is 44.0 Å². The van der Waals surface area contributed by atoms with Crippen molar-refractivity contribution in [1.82, 2.24) is 14.9 Å². The summed E-state index contributed by atoms with van der Waals surface area (Å²) in [6.07, 6.45) is 3.29. The second-order valence-corrected chi connectivity index (χ2v) is 6.14. The van der Waals surface area contributed by atoms with E-state index in [1.165, 1.54) is 0 Å². The highest BCUT2D eigenvalue weighted by atomic mass is 16.1. The molecule has 0 bridgehead atoms. The van der Waals surface area contributed by atoms with E-state index >= 15 is 0 Å². The molecule has 0 radical (unpaired) electrons. The summed E-state index contributed by atoms with van der Waals surface area (Å²) in [6.45, 7) is 9.63. The van der Waals surface area contributed by atoms with E-state index in [0.29, 0.717) is 5.56 Å². The van der Waals surface area contributed by atoms with E-state index < -0.39 is 5.41 Å². The smallest absolute Gasteiger partial charge is 0.225 e. The van der Waals surface area contributed by atoms with Gasteiger partial charge in [0.2, 0.25) is 5.95 Å². The average molecular weight is 262 g/mol. The Labute approximate surface area is 114 Å². The molecule has 0 atom stereocenters. The van der Waals surface area contributed by atoms with Gasteiger partial charge >= 0.3 is 0 Å². The first-order valence-corrected chi connectivity index (χ1v) is 6.68. The third kappa shape index (κ3) is 3.29. The topological polar surface area (TPSA) is 49.3 Å². The van der Waals surface area contributed by atoms with Crippen molar-refractivity contribution in [3.8, 4) is 0 Å². The molecule has 19 heavy (non-hydrogen) atoms. The first-order chi connectivity index (χ1) is 8.88. The van der Waals surface area contributed by atoms with Crippen LogP contribution in [-0.2, 0) is 0 Å². The molecule has 1 aliphatic heterocycles. The molecule has 5 nitrogen and oxygen atoms in total. The van der Waals surface area contributed by atoms with Crippen molar-refractivity contribution in [2.45, 2.75) is 20.8 Å². The van der Waals surface area contributed by atoms with E-state index in [1.807, 2.05) is 20.8 Å². The molecule has 1 aromatic rings. The summed E-state index contributed by atoms with van der Waals surface area (Å²) in [4.78, 5) is 25.2. The molecule has 0 aromatic carbocycles. The quantitative estimate of drug-likeness (QED) is 0.755. The summed E-state index contributed by atoms with van der Waals surface area (Å²) in [5, 5.41) is 0. The molecule has 1 fully saturated rings. The molecule has 1 aromatic heterocycles. The molecule has 2 rings (SSSR count). The Morgan fingerprint density at radius 1 is 1.11 bits per heavy atom. The maximum atomic E-state index is 12.1. The monoisotopic (exact) mass is 262 g/mol. The van der Waals surface area contributed by atoms with Crippen LogP contribution in [0.5, 0.6) is 0 Å². The third-order valence-corrected chi connectivity index (χ3v) is 3.37. The molecule has 1 saturated heterocycles. The number of rotatable bonds is 2. The minimum absolute atomic E-state index is 0.0810. The van der Waals surface area contributed by atoms with Crippen molar-refractivity contribution < 1.29 is 4.79 Å². The summed E-state index contributed by atoms with van der Waals surface area (Å²) in [5.74, 6) is 0.802. The number of hydrogen-bond donors (Lipinski definition) is 0. The number of likely N-dealkylation sites (N-methyl/N-ethyl adjacent to an activating group) is 1. The van der Waals surface area contributed by atoms with Gasteiger partial charge in [0.1, 0.15) is 0 Å². The largest absolute Gasteiger partial charge is 0.338 e. The van der Waals surface area contributed by atoms with Gasteiger partial charge in [-0.15, -0.1) is 0 Å². The van der Waals surface area contributed by atoms with Gasteiger partial charge in [0.15, 0.2) is 5.78 Å². The summed E-state index contributed by atoms with van der Waals surface area (Å²) < 4.78 is 0. The molecule has 1 aliphatic rings. The van der Waals surface area contributed by atoms with Gasteiger partial charge in [-0.05, 0) is 7.05 Å². The predicted octanol–water partition coefficient (Wildman–Crippen LogP) is 1.46. The van der Waals surface area contributed by atoms with Crippen LogP contribution in [0.3, 0.4) is 0 Å². The number of carbonyl (C=O) groups is 1. The van der Waals surface area contributed by atoms with Gasteiger partial charge < -0.3 is 9.80 Å². The summed E-state index contributed by atoms with van der Waals surface area (Å²) >= 11 is 0. The van der Waals surface area contributed by atoms with Crippen molar-refractivity contribution in [2.24, 2.45) is 5.41 Å². The summed E-state index contributed by atoms with van der Waals surface area (Å²) in [7, 11) is 2.11. The molecule has 104 valence electrons. The van der Waals surface area contributed by atoms with Crippen LogP contribution >= 0.6 is 0 Å². The fraction of sp³-hybridized carbons (Fsp3) is 0.643. The van der Waals surface area contributed by atoms with Crippen LogP contribution in [0.2, 0.25) is 0 Å². The van der Waals surface area contributed by atoms with Gasteiger partial charge in [-0.3, -0.25) is 4.79 Å². The molecular formula is C14H22N4O. The molecule has 0 N–H and O–H groups in total. The van der Waals surface area contributed by atoms with Crippen LogP contribution in [0.15, 0.2) is 12.4 Å². The van der Waals surface area contributed by atoms with E-state index in [-0.39, 0.29) is 5.78 Å². The SMILES string of the molecule is CN1CCN(c2ncc(C(=O)C(C)(C)C)cn2)CC1. The molecular weight excluding hydrogens is 240 g/mol. The highest BCUT2D eigenvalue weighted by Gasteiger charge is 2.24. The Hall–Kier alpha value is -1.49. The van der Waals surface area contributed by atoms with E-state index in [0.717, 1.165) is 32.1 Å². The highest BCUT2D eigenvalue weighted by molar-refractivity contribution is 5.99. The zero-order valence-electron chi connectivity index (χ0n) is 12.2. The van der Waals surface area contributed by atoms with Crippen LogP contribution < -0.4 is 4.90 Å². The van der Waals surface area contributed by atoms with Crippen molar-refractivity contribution >= 4 is 11.7 Å². The van der Waals surface area contributed by atoms with Crippen LogP contribution in [0.1, 0.15) is 31.1 Å². The Morgan fingerprint density at radius 3 is 2.11 bits per heavy atom. The standard InChI is InChI=1S/C14H22N4O/c1-14(2,3)12(19)11-9-15-13(16-10-11)18-7-5-17(4)6-8-18/h9-10H,5-8H2,1-4H3. The van der Waals surface area contributed by atoms with E-state index in [4.69, 9.17) is 0 Å². The molecule has 0 spiro atoms. The Bertz CT molecular complexity index is 442. The molecule has 0 aliphatic carbocycles. The second-order valence-electron chi connectivity index (χ2n) is 6.14. The van der Waals surface area contributed by atoms with E-state index in [9.17, 15) is 4.79 Å².